The van der Waals surface area contributed by atoms with E-state index in [1.54, 1.807) is 41.3 Å². The van der Waals surface area contributed by atoms with Crippen LogP contribution in [0.2, 0.25) is 0 Å². The maximum absolute atomic E-state index is 14.5. The molecule has 9 N–H and O–H groups in total. The van der Waals surface area contributed by atoms with Crippen LogP contribution in [0.4, 0.5) is 25.0 Å². The third-order valence-corrected chi connectivity index (χ3v) is 14.4. The number of benzene rings is 2. The zero-order valence-corrected chi connectivity index (χ0v) is 49.5. The molecule has 2 saturated heterocycles. The Morgan fingerprint density at radius 1 is 0.640 bits per heavy atom. The minimum Gasteiger partial charge on any atom is -0.482 e. The zero-order chi connectivity index (χ0) is 62.1. The van der Waals surface area contributed by atoms with Gasteiger partial charge >= 0.3 is 6.09 Å². The van der Waals surface area contributed by atoms with Crippen LogP contribution in [0.3, 0.4) is 0 Å². The fourth-order valence-corrected chi connectivity index (χ4v) is 9.65. The number of aromatic nitrogens is 6. The molecular formula is C58H71ClF2N16O12. The molecule has 4 aliphatic rings. The van der Waals surface area contributed by atoms with Crippen molar-refractivity contribution in [3.8, 4) is 11.5 Å². The zero-order valence-electron chi connectivity index (χ0n) is 48.7. The second kappa shape index (κ2) is 29.4. The summed E-state index contributed by atoms with van der Waals surface area (Å²) in [5.74, 6) is -4.35. The van der Waals surface area contributed by atoms with Gasteiger partial charge in [0.2, 0.25) is 11.8 Å². The van der Waals surface area contributed by atoms with Gasteiger partial charge in [0.25, 0.3) is 35.4 Å². The Balaban J connectivity index is 0.000000251. The average Bonchev–Trinajstić information content (AvgIpc) is 2.12. The van der Waals surface area contributed by atoms with E-state index in [2.05, 4.69) is 68.0 Å². The van der Waals surface area contributed by atoms with Crippen molar-refractivity contribution in [2.24, 2.45) is 11.8 Å². The third kappa shape index (κ3) is 17.1. The number of carbonyl (C=O) groups is 9. The lowest BCUT2D eigenvalue weighted by molar-refractivity contribution is -0.123. The van der Waals surface area contributed by atoms with Gasteiger partial charge in [0.05, 0.1) is 23.8 Å². The van der Waals surface area contributed by atoms with Gasteiger partial charge in [-0.2, -0.15) is 10.2 Å². The fourth-order valence-electron chi connectivity index (χ4n) is 9.65. The molecule has 2 atom stereocenters. The highest BCUT2D eigenvalue weighted by Crippen LogP contribution is 2.30. The van der Waals surface area contributed by atoms with Gasteiger partial charge in [-0.15, -0.1) is 12.4 Å². The van der Waals surface area contributed by atoms with Crippen molar-refractivity contribution >= 4 is 88.4 Å². The number of likely N-dealkylation sites (tertiary alicyclic amines) is 1. The summed E-state index contributed by atoms with van der Waals surface area (Å²) in [4.78, 5) is 123. The van der Waals surface area contributed by atoms with Gasteiger partial charge in [-0.1, -0.05) is 19.6 Å². The molecule has 0 bridgehead atoms. The molecule has 6 aromatic rings. The molecular weight excluding hydrogens is 1190 g/mol. The van der Waals surface area contributed by atoms with E-state index in [-0.39, 0.29) is 110 Å². The van der Waals surface area contributed by atoms with Crippen molar-refractivity contribution in [2.75, 3.05) is 63.1 Å². The number of rotatable bonds is 16. The first-order valence-corrected chi connectivity index (χ1v) is 28.2. The van der Waals surface area contributed by atoms with E-state index in [4.69, 9.17) is 14.2 Å². The molecule has 0 radical (unpaired) electrons. The highest BCUT2D eigenvalue weighted by atomic mass is 35.5. The van der Waals surface area contributed by atoms with Crippen LogP contribution in [-0.2, 0) is 37.0 Å². The minimum atomic E-state index is -0.973. The van der Waals surface area contributed by atoms with Crippen LogP contribution in [0.1, 0.15) is 121 Å². The number of hydrogen-bond acceptors (Lipinski definition) is 17. The molecule has 28 nitrogen and oxygen atoms in total. The van der Waals surface area contributed by atoms with Gasteiger partial charge in [-0.05, 0) is 121 Å². The molecule has 0 spiro atoms. The predicted octanol–water partition coefficient (Wildman–Crippen LogP) is 3.43. The highest BCUT2D eigenvalue weighted by molar-refractivity contribution is 6.01. The molecule has 4 aromatic heterocycles. The molecule has 0 aliphatic carbocycles. The number of nitrogens with one attached hydrogen (secondary N) is 9. The van der Waals surface area contributed by atoms with Crippen molar-refractivity contribution < 1.29 is 66.1 Å². The largest absolute Gasteiger partial charge is 0.482 e. The second-order valence-corrected chi connectivity index (χ2v) is 22.2. The lowest BCUT2D eigenvalue weighted by atomic mass is 9.97. The molecule has 0 unspecified atom stereocenters. The van der Waals surface area contributed by atoms with Crippen LogP contribution >= 0.6 is 12.4 Å². The Morgan fingerprint density at radius 3 is 1.49 bits per heavy atom. The van der Waals surface area contributed by atoms with Crippen LogP contribution in [0, 0.1) is 23.5 Å². The number of ether oxygens (including phenoxy) is 3. The van der Waals surface area contributed by atoms with Gasteiger partial charge in [-0.3, -0.25) is 38.4 Å². The normalized spacial score (nSPS) is 15.4. The van der Waals surface area contributed by atoms with Crippen LogP contribution in [0.25, 0.3) is 11.3 Å². The number of fused-ring (bicyclic) bond motifs is 4. The van der Waals surface area contributed by atoms with Crippen molar-refractivity contribution in [2.45, 2.75) is 98.5 Å². The Kier molecular flexibility index (Phi) is 22.1. The molecule has 2 aromatic carbocycles. The van der Waals surface area contributed by atoms with E-state index in [0.717, 1.165) is 53.4 Å². The van der Waals surface area contributed by atoms with E-state index in [1.807, 2.05) is 20.8 Å². The summed E-state index contributed by atoms with van der Waals surface area (Å²) in [7, 11) is 0. The van der Waals surface area contributed by atoms with E-state index in [0.29, 0.717) is 78.9 Å². The van der Waals surface area contributed by atoms with Crippen LogP contribution in [-0.4, -0.2) is 158 Å². The Hall–Kier alpha value is -9.58. The van der Waals surface area contributed by atoms with Crippen molar-refractivity contribution in [1.29, 1.82) is 0 Å². The van der Waals surface area contributed by atoms with E-state index < -0.39 is 58.9 Å². The van der Waals surface area contributed by atoms with Crippen molar-refractivity contribution in [3.05, 3.63) is 106 Å². The first-order valence-electron chi connectivity index (χ1n) is 28.2. The summed E-state index contributed by atoms with van der Waals surface area (Å²) in [6.07, 6.45) is 4.69. The van der Waals surface area contributed by atoms with Crippen molar-refractivity contribution in [3.63, 3.8) is 0 Å². The molecule has 89 heavy (non-hydrogen) atoms. The molecule has 9 amide bonds. The summed E-state index contributed by atoms with van der Waals surface area (Å²) in [6.45, 7) is 12.1. The van der Waals surface area contributed by atoms with Gasteiger partial charge in [0, 0.05) is 51.4 Å². The Bertz CT molecular complexity index is 3660. The van der Waals surface area contributed by atoms with Crippen molar-refractivity contribution in [1.82, 2.24) is 71.3 Å². The quantitative estimate of drug-likeness (QED) is 0.0670. The first-order chi connectivity index (χ1) is 41.5. The number of hydrogen-bond donors (Lipinski definition) is 9. The summed E-state index contributed by atoms with van der Waals surface area (Å²) < 4.78 is 47.0. The maximum Gasteiger partial charge on any atom is 0.410 e. The number of halogens is 3. The summed E-state index contributed by atoms with van der Waals surface area (Å²) in [5, 5.41) is 32.6. The number of carbonyl (C=O) groups excluding carboxylic acids is 9. The number of nitrogens with zero attached hydrogens (tertiary/aromatic N) is 7. The number of piperidine rings is 2. The number of anilines is 2. The third-order valence-electron chi connectivity index (χ3n) is 14.4. The summed E-state index contributed by atoms with van der Waals surface area (Å²) in [6, 6.07) is 10.6. The number of amides is 9. The van der Waals surface area contributed by atoms with Crippen LogP contribution in [0.15, 0.2) is 60.9 Å². The van der Waals surface area contributed by atoms with Gasteiger partial charge < -0.3 is 67.0 Å². The van der Waals surface area contributed by atoms with E-state index in [1.165, 1.54) is 19.9 Å². The average molecular weight is 1260 g/mol. The minimum absolute atomic E-state index is 0. The Morgan fingerprint density at radius 2 is 1.07 bits per heavy atom. The standard InChI is InChI=1S/C31H37FN8O7.C26H29FN8O5.CH4.ClH/c1-17(27(42)33-13-18-7-9-39(10-8-18)30(45)47-31(2,3)4)36-29(44)23-12-22(38-26-20(32)15-35-40(23)26)28(43)34-14-19-5-6-24-21(11-19)37-25(41)16-46-24;1-14(24(37)29-10-15-4-6-28-7-5-15)32-26(39)20-9-19(34-23-17(27)12-31-35(20)23)25(38)30-11-16-2-3-21-18(8-16)33-22(36)13-40-21;;/h5-6,11-12,15,17-18H,7-10,13-14,16H2,1-4H3,(H,33,42)(H,34,43)(H,36,44)(H,37,41);2-3,8-9,12,14-15,28H,4-7,10-11,13H2,1H3,(H,29,37)(H,30,38)(H,32,39)(H,33,36);1H4;1H/t17-;14-;;/m00../s1. The van der Waals surface area contributed by atoms with Crippen LogP contribution < -0.4 is 57.3 Å². The van der Waals surface area contributed by atoms with Gasteiger partial charge in [0.1, 0.15) is 52.0 Å². The molecule has 476 valence electrons. The first kappa shape index (κ1) is 66.9. The molecule has 2 fully saturated rings. The van der Waals surface area contributed by atoms with Gasteiger partial charge in [0.15, 0.2) is 36.1 Å². The molecule has 0 saturated carbocycles. The monoisotopic (exact) mass is 1260 g/mol. The summed E-state index contributed by atoms with van der Waals surface area (Å²) in [5.41, 5.74) is 0.207. The highest BCUT2D eigenvalue weighted by Gasteiger charge is 2.30. The SMILES string of the molecule is C.C[C@H](NC(=O)c1cc(C(=O)NCc2ccc3c(c2)NC(=O)CO3)nc2c(F)cnn12)C(=O)NCC1CCN(C(=O)OC(C)(C)C)CC1.C[C@H](NC(=O)c1cc(C(=O)NCc2ccc3c(c2)NC(=O)CO3)nc2c(F)cnn12)C(=O)NCC1CCNCC1.Cl. The lowest BCUT2D eigenvalue weighted by Gasteiger charge is -2.33. The topological polar surface area (TPSA) is 353 Å². The lowest BCUT2D eigenvalue weighted by Crippen LogP contribution is -2.48. The second-order valence-electron chi connectivity index (χ2n) is 22.2. The predicted molar refractivity (Wildman–Crippen MR) is 319 cm³/mol. The fraction of sp³-hybridized carbons (Fsp3) is 0.431. The molecule has 31 heteroatoms. The van der Waals surface area contributed by atoms with Crippen LogP contribution in [0.5, 0.6) is 11.5 Å². The molecule has 4 aliphatic heterocycles. The smallest absolute Gasteiger partial charge is 0.410 e. The van der Waals surface area contributed by atoms with E-state index in [9.17, 15) is 51.9 Å². The molecule has 8 heterocycles. The molecule has 10 rings (SSSR count). The van der Waals surface area contributed by atoms with E-state index >= 15 is 0 Å². The Labute approximate surface area is 515 Å². The maximum atomic E-state index is 14.5. The van der Waals surface area contributed by atoms with Gasteiger partial charge in [-0.25, -0.2) is 32.6 Å². The summed E-state index contributed by atoms with van der Waals surface area (Å²) >= 11 is 0.